The first-order valence-electron chi connectivity index (χ1n) is 8.96. The molecule has 0 radical (unpaired) electrons. The standard InChI is InChI=1S/C21H17ClN4O/c22-17-8-6-15(7-9-17)19-18-20(23-13-24-21(18)27-25-19)26-11-10-16(12-26)14-4-2-1-3-5-14/h1-9,13,16H,10-12H2. The minimum atomic E-state index is 0.495. The Labute approximate surface area is 161 Å². The molecule has 1 atom stereocenters. The monoisotopic (exact) mass is 376 g/mol. The van der Waals surface area contributed by atoms with E-state index in [-0.39, 0.29) is 0 Å². The van der Waals surface area contributed by atoms with Crippen LogP contribution in [0.2, 0.25) is 5.02 Å². The quantitative estimate of drug-likeness (QED) is 0.507. The normalized spacial score (nSPS) is 16.9. The molecular weight excluding hydrogens is 360 g/mol. The number of nitrogens with zero attached hydrogens (tertiary/aromatic N) is 4. The van der Waals surface area contributed by atoms with Crippen molar-refractivity contribution >= 4 is 28.5 Å². The lowest BCUT2D eigenvalue weighted by molar-refractivity contribution is 0.451. The Morgan fingerprint density at radius 1 is 1.00 bits per heavy atom. The lowest BCUT2D eigenvalue weighted by Gasteiger charge is -2.18. The molecule has 5 rings (SSSR count). The predicted molar refractivity (Wildman–Crippen MR) is 106 cm³/mol. The minimum absolute atomic E-state index is 0.495. The van der Waals surface area contributed by atoms with Gasteiger partial charge >= 0.3 is 0 Å². The third-order valence-electron chi connectivity index (χ3n) is 5.13. The molecule has 2 aromatic carbocycles. The topological polar surface area (TPSA) is 55.1 Å². The highest BCUT2D eigenvalue weighted by atomic mass is 35.5. The van der Waals surface area contributed by atoms with Crippen LogP contribution in [0.25, 0.3) is 22.4 Å². The number of aromatic nitrogens is 3. The van der Waals surface area contributed by atoms with E-state index < -0.39 is 0 Å². The summed E-state index contributed by atoms with van der Waals surface area (Å²) in [6.07, 6.45) is 2.64. The van der Waals surface area contributed by atoms with Crippen LogP contribution in [-0.2, 0) is 0 Å². The average Bonchev–Trinajstić information content (AvgIpc) is 3.37. The smallest absolute Gasteiger partial charge is 0.263 e. The van der Waals surface area contributed by atoms with Crippen LogP contribution in [-0.4, -0.2) is 28.2 Å². The number of hydrogen-bond acceptors (Lipinski definition) is 5. The van der Waals surface area contributed by atoms with Crippen molar-refractivity contribution in [3.05, 3.63) is 71.5 Å². The van der Waals surface area contributed by atoms with Gasteiger partial charge in [-0.3, -0.25) is 0 Å². The Morgan fingerprint density at radius 2 is 1.81 bits per heavy atom. The largest absolute Gasteiger partial charge is 0.355 e. The zero-order valence-corrected chi connectivity index (χ0v) is 15.3. The highest BCUT2D eigenvalue weighted by Crippen LogP contribution is 2.37. The molecule has 27 heavy (non-hydrogen) atoms. The Morgan fingerprint density at radius 3 is 2.63 bits per heavy atom. The molecule has 6 heteroatoms. The maximum atomic E-state index is 6.02. The van der Waals surface area contributed by atoms with E-state index in [1.807, 2.05) is 24.3 Å². The fraction of sp³-hybridized carbons (Fsp3) is 0.190. The third kappa shape index (κ3) is 2.94. The summed E-state index contributed by atoms with van der Waals surface area (Å²) in [5.41, 5.74) is 3.56. The highest BCUT2D eigenvalue weighted by Gasteiger charge is 2.28. The number of fused-ring (bicyclic) bond motifs is 1. The first-order valence-corrected chi connectivity index (χ1v) is 9.33. The van der Waals surface area contributed by atoms with Gasteiger partial charge in [-0.1, -0.05) is 59.2 Å². The van der Waals surface area contributed by atoms with Gasteiger partial charge in [0.1, 0.15) is 23.2 Å². The van der Waals surface area contributed by atoms with Gasteiger partial charge in [0.25, 0.3) is 5.71 Å². The van der Waals surface area contributed by atoms with E-state index in [0.717, 1.165) is 42.0 Å². The molecule has 1 unspecified atom stereocenters. The van der Waals surface area contributed by atoms with Crippen LogP contribution in [0.1, 0.15) is 17.9 Å². The SMILES string of the molecule is Clc1ccc(-c2noc3ncnc(N4CCC(c5ccccc5)C4)c23)cc1. The van der Waals surface area contributed by atoms with E-state index in [2.05, 4.69) is 50.4 Å². The summed E-state index contributed by atoms with van der Waals surface area (Å²) in [5, 5.41) is 5.80. The summed E-state index contributed by atoms with van der Waals surface area (Å²) in [6.45, 7) is 1.86. The lowest BCUT2D eigenvalue weighted by atomic mass is 9.99. The Hall–Kier alpha value is -2.92. The van der Waals surface area contributed by atoms with E-state index in [9.17, 15) is 0 Å². The molecule has 0 saturated carbocycles. The molecule has 0 N–H and O–H groups in total. The second-order valence-electron chi connectivity index (χ2n) is 6.76. The summed E-state index contributed by atoms with van der Waals surface area (Å²) in [6, 6.07) is 18.2. The molecule has 2 aromatic heterocycles. The van der Waals surface area contributed by atoms with Crippen molar-refractivity contribution in [1.29, 1.82) is 0 Å². The number of rotatable bonds is 3. The van der Waals surface area contributed by atoms with E-state index in [1.54, 1.807) is 6.33 Å². The van der Waals surface area contributed by atoms with Crippen LogP contribution in [0.15, 0.2) is 65.4 Å². The summed E-state index contributed by atoms with van der Waals surface area (Å²) in [4.78, 5) is 11.1. The molecule has 1 fully saturated rings. The molecule has 0 spiro atoms. The second kappa shape index (κ2) is 6.67. The molecule has 134 valence electrons. The summed E-state index contributed by atoms with van der Waals surface area (Å²) >= 11 is 6.02. The number of hydrogen-bond donors (Lipinski definition) is 0. The van der Waals surface area contributed by atoms with E-state index in [1.165, 1.54) is 5.56 Å². The third-order valence-corrected chi connectivity index (χ3v) is 5.38. The van der Waals surface area contributed by atoms with Crippen molar-refractivity contribution < 1.29 is 4.52 Å². The maximum absolute atomic E-state index is 6.02. The van der Waals surface area contributed by atoms with Crippen LogP contribution < -0.4 is 4.90 Å². The Kier molecular flexibility index (Phi) is 4.02. The summed E-state index contributed by atoms with van der Waals surface area (Å²) < 4.78 is 5.48. The molecule has 4 aromatic rings. The minimum Gasteiger partial charge on any atom is -0.355 e. The van der Waals surface area contributed by atoms with Crippen LogP contribution >= 0.6 is 11.6 Å². The van der Waals surface area contributed by atoms with Crippen molar-refractivity contribution in [3.8, 4) is 11.3 Å². The first-order chi connectivity index (χ1) is 13.3. The summed E-state index contributed by atoms with van der Waals surface area (Å²) in [5.74, 6) is 1.37. The van der Waals surface area contributed by atoms with Crippen molar-refractivity contribution in [2.24, 2.45) is 0 Å². The van der Waals surface area contributed by atoms with Crippen LogP contribution in [0.5, 0.6) is 0 Å². The van der Waals surface area contributed by atoms with Crippen LogP contribution in [0, 0.1) is 0 Å². The van der Waals surface area contributed by atoms with Gasteiger partial charge in [0.05, 0.1) is 0 Å². The molecule has 3 heterocycles. The summed E-state index contributed by atoms with van der Waals surface area (Å²) in [7, 11) is 0. The van der Waals surface area contributed by atoms with Crippen LogP contribution in [0.3, 0.4) is 0 Å². The fourth-order valence-electron chi connectivity index (χ4n) is 3.77. The van der Waals surface area contributed by atoms with Gasteiger partial charge < -0.3 is 9.42 Å². The maximum Gasteiger partial charge on any atom is 0.263 e. The zero-order chi connectivity index (χ0) is 18.2. The molecule has 0 amide bonds. The highest BCUT2D eigenvalue weighted by molar-refractivity contribution is 6.30. The van der Waals surface area contributed by atoms with Gasteiger partial charge in [0.15, 0.2) is 0 Å². The Bertz CT molecular complexity index is 1080. The van der Waals surface area contributed by atoms with E-state index in [0.29, 0.717) is 16.7 Å². The lowest BCUT2D eigenvalue weighted by Crippen LogP contribution is -2.20. The molecule has 1 saturated heterocycles. The molecule has 5 nitrogen and oxygen atoms in total. The number of anilines is 1. The van der Waals surface area contributed by atoms with Gasteiger partial charge in [-0.2, -0.15) is 4.98 Å². The average molecular weight is 377 g/mol. The van der Waals surface area contributed by atoms with Gasteiger partial charge in [0.2, 0.25) is 0 Å². The molecule has 0 aliphatic carbocycles. The number of halogens is 1. The van der Waals surface area contributed by atoms with Gasteiger partial charge in [-0.05, 0) is 24.1 Å². The van der Waals surface area contributed by atoms with E-state index in [4.69, 9.17) is 16.1 Å². The van der Waals surface area contributed by atoms with E-state index >= 15 is 0 Å². The molecular formula is C21H17ClN4O. The second-order valence-corrected chi connectivity index (χ2v) is 7.19. The van der Waals surface area contributed by atoms with Gasteiger partial charge in [-0.15, -0.1) is 0 Å². The molecule has 0 bridgehead atoms. The molecule has 1 aliphatic rings. The van der Waals surface area contributed by atoms with Gasteiger partial charge in [0, 0.05) is 29.6 Å². The molecule has 1 aliphatic heterocycles. The van der Waals surface area contributed by atoms with Crippen molar-refractivity contribution in [2.75, 3.05) is 18.0 Å². The zero-order valence-electron chi connectivity index (χ0n) is 14.5. The van der Waals surface area contributed by atoms with Crippen molar-refractivity contribution in [2.45, 2.75) is 12.3 Å². The van der Waals surface area contributed by atoms with Crippen molar-refractivity contribution in [3.63, 3.8) is 0 Å². The predicted octanol–water partition coefficient (Wildman–Crippen LogP) is 4.93. The van der Waals surface area contributed by atoms with Crippen LogP contribution in [0.4, 0.5) is 5.82 Å². The fourth-order valence-corrected chi connectivity index (χ4v) is 3.89. The first kappa shape index (κ1) is 16.3. The number of benzene rings is 2. The van der Waals surface area contributed by atoms with Gasteiger partial charge in [-0.25, -0.2) is 4.98 Å². The Balaban J connectivity index is 1.54. The van der Waals surface area contributed by atoms with Crippen molar-refractivity contribution in [1.82, 2.24) is 15.1 Å².